The molecule has 0 N–H and O–H groups in total. The molecule has 1 aromatic heterocycles. The van der Waals surface area contributed by atoms with Gasteiger partial charge in [-0.1, -0.05) is 60.7 Å². The zero-order valence-corrected chi connectivity index (χ0v) is 18.8. The summed E-state index contributed by atoms with van der Waals surface area (Å²) in [7, 11) is 1.58. The van der Waals surface area contributed by atoms with E-state index in [1.54, 1.807) is 31.5 Å². The molecular weight excluding hydrogens is 412 g/mol. The molecule has 0 fully saturated rings. The van der Waals surface area contributed by atoms with Gasteiger partial charge in [0.05, 0.1) is 13.2 Å². The first kappa shape index (κ1) is 22.5. The van der Waals surface area contributed by atoms with Crippen molar-refractivity contribution in [2.75, 3.05) is 13.7 Å². The Bertz CT molecular complexity index is 1110. The number of rotatable bonds is 8. The summed E-state index contributed by atoms with van der Waals surface area (Å²) in [6.45, 7) is 0.525. The number of hydrogen-bond donors (Lipinski definition) is 0. The molecule has 2 heterocycles. The minimum Gasteiger partial charge on any atom is -0.497 e. The van der Waals surface area contributed by atoms with Crippen LogP contribution in [-0.2, 0) is 11.2 Å². The van der Waals surface area contributed by atoms with E-state index in [9.17, 15) is 9.59 Å². The Kier molecular flexibility index (Phi) is 7.30. The highest BCUT2D eigenvalue weighted by atomic mass is 16.5. The van der Waals surface area contributed by atoms with E-state index in [0.29, 0.717) is 24.3 Å². The van der Waals surface area contributed by atoms with Crippen molar-refractivity contribution in [3.05, 3.63) is 108 Å². The summed E-state index contributed by atoms with van der Waals surface area (Å²) in [5.41, 5.74) is 2.61. The number of nitrogens with zero attached hydrogens (tertiary/aromatic N) is 2. The molecule has 1 amide bonds. The van der Waals surface area contributed by atoms with Crippen molar-refractivity contribution in [2.45, 2.75) is 25.3 Å². The fourth-order valence-electron chi connectivity index (χ4n) is 4.32. The van der Waals surface area contributed by atoms with Gasteiger partial charge in [-0.15, -0.1) is 0 Å². The molecule has 0 spiro atoms. The van der Waals surface area contributed by atoms with E-state index in [2.05, 4.69) is 11.1 Å². The molecule has 5 heteroatoms. The van der Waals surface area contributed by atoms with Crippen molar-refractivity contribution in [1.82, 2.24) is 9.88 Å². The molecule has 0 saturated heterocycles. The maximum atomic E-state index is 13.9. The maximum Gasteiger partial charge on any atom is 0.227 e. The van der Waals surface area contributed by atoms with E-state index < -0.39 is 5.92 Å². The van der Waals surface area contributed by atoms with E-state index in [1.807, 2.05) is 65.7 Å². The zero-order valence-electron chi connectivity index (χ0n) is 18.8. The predicted octanol–water partition coefficient (Wildman–Crippen LogP) is 5.05. The average Bonchev–Trinajstić information content (AvgIpc) is 2.89. The SMILES string of the molecule is COc1cccc(C(=O)C[C@@H](Cc2ccccc2)C(=O)N2CC=CCC2c2cccnc2)c1. The molecule has 1 unspecified atom stereocenters. The van der Waals surface area contributed by atoms with Crippen molar-refractivity contribution < 1.29 is 14.3 Å². The first-order valence-corrected chi connectivity index (χ1v) is 11.2. The van der Waals surface area contributed by atoms with Gasteiger partial charge in [0.2, 0.25) is 5.91 Å². The number of amides is 1. The van der Waals surface area contributed by atoms with E-state index in [0.717, 1.165) is 17.5 Å². The second-order valence-corrected chi connectivity index (χ2v) is 8.25. The summed E-state index contributed by atoms with van der Waals surface area (Å²) >= 11 is 0. The van der Waals surface area contributed by atoms with Crippen LogP contribution in [0.3, 0.4) is 0 Å². The summed E-state index contributed by atoms with van der Waals surface area (Å²) in [6, 6.07) is 20.8. The topological polar surface area (TPSA) is 59.5 Å². The molecule has 0 bridgehead atoms. The lowest BCUT2D eigenvalue weighted by molar-refractivity contribution is -0.137. The third kappa shape index (κ3) is 5.55. The van der Waals surface area contributed by atoms with E-state index >= 15 is 0 Å². The second kappa shape index (κ2) is 10.7. The second-order valence-electron chi connectivity index (χ2n) is 8.25. The Labute approximate surface area is 194 Å². The van der Waals surface area contributed by atoms with Gasteiger partial charge in [0.1, 0.15) is 5.75 Å². The molecule has 33 heavy (non-hydrogen) atoms. The van der Waals surface area contributed by atoms with Gasteiger partial charge in [-0.05, 0) is 42.2 Å². The normalized spacial score (nSPS) is 16.3. The number of carbonyl (C=O) groups excluding carboxylic acids is 2. The standard InChI is InChI=1S/C28H28N2O3/c1-33-25-13-7-11-22(18-25)27(31)19-24(17-21-9-3-2-4-10-21)28(32)30-16-6-5-14-26(30)23-12-8-15-29-20-23/h2-13,15,18,20,24,26H,14,16-17,19H2,1H3/t24-,26?/m1/s1. The summed E-state index contributed by atoms with van der Waals surface area (Å²) in [5.74, 6) is 0.100. The van der Waals surface area contributed by atoms with Gasteiger partial charge in [0, 0.05) is 36.8 Å². The molecule has 5 nitrogen and oxygen atoms in total. The van der Waals surface area contributed by atoms with Crippen LogP contribution in [-0.4, -0.2) is 35.2 Å². The number of ketones is 1. The number of hydrogen-bond acceptors (Lipinski definition) is 4. The zero-order chi connectivity index (χ0) is 23.0. The van der Waals surface area contributed by atoms with Crippen LogP contribution in [0.4, 0.5) is 0 Å². The first-order valence-electron chi connectivity index (χ1n) is 11.2. The number of methoxy groups -OCH3 is 1. The van der Waals surface area contributed by atoms with Gasteiger partial charge in [0.25, 0.3) is 0 Å². The van der Waals surface area contributed by atoms with Gasteiger partial charge in [-0.25, -0.2) is 0 Å². The Morgan fingerprint density at radius 2 is 1.91 bits per heavy atom. The number of benzene rings is 2. The quantitative estimate of drug-likeness (QED) is 0.363. The lowest BCUT2D eigenvalue weighted by Gasteiger charge is -2.35. The lowest BCUT2D eigenvalue weighted by atomic mass is 9.89. The Hall–Kier alpha value is -3.73. The Balaban J connectivity index is 1.61. The largest absolute Gasteiger partial charge is 0.497 e. The first-order chi connectivity index (χ1) is 16.2. The van der Waals surface area contributed by atoms with Crippen LogP contribution in [0.2, 0.25) is 0 Å². The van der Waals surface area contributed by atoms with Crippen LogP contribution >= 0.6 is 0 Å². The fraction of sp³-hybridized carbons (Fsp3) is 0.250. The molecule has 0 radical (unpaired) electrons. The molecule has 4 rings (SSSR count). The number of ether oxygens (including phenoxy) is 1. The minimum atomic E-state index is -0.461. The van der Waals surface area contributed by atoms with Crippen molar-refractivity contribution in [3.63, 3.8) is 0 Å². The fourth-order valence-corrected chi connectivity index (χ4v) is 4.32. The molecular formula is C28H28N2O3. The lowest BCUT2D eigenvalue weighted by Crippen LogP contribution is -2.41. The average molecular weight is 441 g/mol. The van der Waals surface area contributed by atoms with Gasteiger partial charge in [0.15, 0.2) is 5.78 Å². The highest BCUT2D eigenvalue weighted by molar-refractivity contribution is 5.99. The van der Waals surface area contributed by atoms with Gasteiger partial charge >= 0.3 is 0 Å². The molecule has 1 aliphatic rings. The Morgan fingerprint density at radius 1 is 1.06 bits per heavy atom. The molecule has 3 aromatic rings. The van der Waals surface area contributed by atoms with Crippen molar-refractivity contribution >= 4 is 11.7 Å². The molecule has 0 aliphatic carbocycles. The third-order valence-corrected chi connectivity index (χ3v) is 6.05. The van der Waals surface area contributed by atoms with Crippen molar-refractivity contribution in [3.8, 4) is 5.75 Å². The highest BCUT2D eigenvalue weighted by Gasteiger charge is 2.32. The number of pyridine rings is 1. The molecule has 168 valence electrons. The monoisotopic (exact) mass is 440 g/mol. The molecule has 2 aromatic carbocycles. The number of Topliss-reactive ketones (excluding diaryl/α,β-unsaturated/α-hetero) is 1. The summed E-state index contributed by atoms with van der Waals surface area (Å²) in [4.78, 5) is 33.2. The van der Waals surface area contributed by atoms with Crippen LogP contribution < -0.4 is 4.74 Å². The third-order valence-electron chi connectivity index (χ3n) is 6.05. The van der Waals surface area contributed by atoms with Crippen LogP contribution in [0.1, 0.15) is 40.4 Å². The van der Waals surface area contributed by atoms with Gasteiger partial charge in [-0.2, -0.15) is 0 Å². The maximum absolute atomic E-state index is 13.9. The predicted molar refractivity (Wildman–Crippen MR) is 128 cm³/mol. The van der Waals surface area contributed by atoms with Crippen LogP contribution in [0.15, 0.2) is 91.3 Å². The van der Waals surface area contributed by atoms with Crippen molar-refractivity contribution in [1.29, 1.82) is 0 Å². The summed E-state index contributed by atoms with van der Waals surface area (Å²) in [6.07, 6.45) is 9.07. The number of aromatic nitrogens is 1. The molecule has 1 aliphatic heterocycles. The molecule has 0 saturated carbocycles. The van der Waals surface area contributed by atoms with E-state index in [-0.39, 0.29) is 24.2 Å². The number of carbonyl (C=O) groups is 2. The van der Waals surface area contributed by atoms with Crippen molar-refractivity contribution in [2.24, 2.45) is 5.92 Å². The van der Waals surface area contributed by atoms with Crippen LogP contribution in [0.25, 0.3) is 0 Å². The van der Waals surface area contributed by atoms with Gasteiger partial charge in [-0.3, -0.25) is 14.6 Å². The van der Waals surface area contributed by atoms with Crippen LogP contribution in [0.5, 0.6) is 5.75 Å². The Morgan fingerprint density at radius 3 is 2.67 bits per heavy atom. The van der Waals surface area contributed by atoms with Gasteiger partial charge < -0.3 is 9.64 Å². The minimum absolute atomic E-state index is 0.00620. The highest BCUT2D eigenvalue weighted by Crippen LogP contribution is 2.30. The smallest absolute Gasteiger partial charge is 0.227 e. The van der Waals surface area contributed by atoms with E-state index in [4.69, 9.17) is 4.74 Å². The summed E-state index contributed by atoms with van der Waals surface area (Å²) < 4.78 is 5.27. The molecule has 2 atom stereocenters. The summed E-state index contributed by atoms with van der Waals surface area (Å²) in [5, 5.41) is 0. The van der Waals surface area contributed by atoms with Crippen LogP contribution in [0, 0.1) is 5.92 Å². The van der Waals surface area contributed by atoms with E-state index in [1.165, 1.54) is 0 Å².